The second-order valence-corrected chi connectivity index (χ2v) is 5.77. The zero-order chi connectivity index (χ0) is 11.6. The van der Waals surface area contributed by atoms with Gasteiger partial charge in [0.25, 0.3) is 0 Å². The lowest BCUT2D eigenvalue weighted by Gasteiger charge is -2.25. The molecule has 2 rings (SSSR count). The molecule has 1 saturated carbocycles. The summed E-state index contributed by atoms with van der Waals surface area (Å²) >= 11 is 3.37. The summed E-state index contributed by atoms with van der Waals surface area (Å²) in [5.41, 5.74) is 0.942. The number of hydrogen-bond acceptors (Lipinski definition) is 1. The Morgan fingerprint density at radius 1 is 1.38 bits per heavy atom. The van der Waals surface area contributed by atoms with Crippen LogP contribution in [-0.4, -0.2) is 5.54 Å². The summed E-state index contributed by atoms with van der Waals surface area (Å²) < 4.78 is 14.4. The minimum absolute atomic E-state index is 0.128. The van der Waals surface area contributed by atoms with Crippen LogP contribution < -0.4 is 5.32 Å². The molecule has 0 heterocycles. The van der Waals surface area contributed by atoms with Crippen molar-refractivity contribution in [2.24, 2.45) is 0 Å². The van der Waals surface area contributed by atoms with E-state index in [4.69, 9.17) is 0 Å². The number of rotatable bonds is 3. The fourth-order valence-corrected chi connectivity index (χ4v) is 2.73. The summed E-state index contributed by atoms with van der Waals surface area (Å²) in [6.45, 7) is 2.84. The van der Waals surface area contributed by atoms with Crippen LogP contribution in [0.1, 0.15) is 38.2 Å². The Labute approximate surface area is 105 Å². The molecule has 0 atom stereocenters. The second kappa shape index (κ2) is 4.84. The maximum atomic E-state index is 13.5. The molecule has 0 spiro atoms. The van der Waals surface area contributed by atoms with E-state index in [1.165, 1.54) is 31.7 Å². The first-order valence-corrected chi connectivity index (χ1v) is 6.57. The molecule has 1 aliphatic carbocycles. The molecule has 0 amide bonds. The van der Waals surface area contributed by atoms with Crippen LogP contribution in [0.4, 0.5) is 4.39 Å². The monoisotopic (exact) mass is 285 g/mol. The molecule has 1 aliphatic rings. The summed E-state index contributed by atoms with van der Waals surface area (Å²) in [4.78, 5) is 0. The van der Waals surface area contributed by atoms with Gasteiger partial charge in [0.1, 0.15) is 5.82 Å². The highest BCUT2D eigenvalue weighted by Gasteiger charge is 2.27. The highest BCUT2D eigenvalue weighted by molar-refractivity contribution is 9.10. The number of benzene rings is 1. The van der Waals surface area contributed by atoms with E-state index in [0.717, 1.165) is 10.0 Å². The van der Waals surface area contributed by atoms with E-state index in [-0.39, 0.29) is 11.4 Å². The van der Waals surface area contributed by atoms with E-state index in [9.17, 15) is 4.39 Å². The average Bonchev–Trinajstić information content (AvgIpc) is 2.67. The number of hydrogen-bond donors (Lipinski definition) is 1. The summed E-state index contributed by atoms with van der Waals surface area (Å²) in [6, 6.07) is 5.09. The highest BCUT2D eigenvalue weighted by Crippen LogP contribution is 2.29. The maximum Gasteiger partial charge on any atom is 0.127 e. The Morgan fingerprint density at radius 2 is 2.06 bits per heavy atom. The molecule has 0 aromatic heterocycles. The van der Waals surface area contributed by atoms with E-state index in [1.54, 1.807) is 6.07 Å². The van der Waals surface area contributed by atoms with Crippen molar-refractivity contribution in [2.75, 3.05) is 0 Å². The van der Waals surface area contributed by atoms with Gasteiger partial charge in [0.2, 0.25) is 0 Å². The van der Waals surface area contributed by atoms with Crippen LogP contribution in [-0.2, 0) is 6.54 Å². The van der Waals surface area contributed by atoms with Gasteiger partial charge in [-0.2, -0.15) is 0 Å². The van der Waals surface area contributed by atoms with Gasteiger partial charge < -0.3 is 5.32 Å². The van der Waals surface area contributed by atoms with Gasteiger partial charge in [-0.3, -0.25) is 0 Å². The molecule has 1 aromatic carbocycles. The summed E-state index contributed by atoms with van der Waals surface area (Å²) in [7, 11) is 0. The standard InChI is InChI=1S/C13H17BrFN/c1-13(6-2-3-7-13)16-9-10-8-11(14)4-5-12(10)15/h4-5,8,16H,2-3,6-7,9H2,1H3. The topological polar surface area (TPSA) is 12.0 Å². The van der Waals surface area contributed by atoms with Crippen molar-refractivity contribution in [3.8, 4) is 0 Å². The Hall–Kier alpha value is -0.410. The van der Waals surface area contributed by atoms with Crippen molar-refractivity contribution in [3.05, 3.63) is 34.1 Å². The molecule has 1 nitrogen and oxygen atoms in total. The minimum Gasteiger partial charge on any atom is -0.307 e. The molecule has 0 radical (unpaired) electrons. The smallest absolute Gasteiger partial charge is 0.127 e. The van der Waals surface area contributed by atoms with Gasteiger partial charge in [-0.25, -0.2) is 4.39 Å². The largest absolute Gasteiger partial charge is 0.307 e. The molecule has 0 unspecified atom stereocenters. The lowest BCUT2D eigenvalue weighted by Crippen LogP contribution is -2.38. The second-order valence-electron chi connectivity index (χ2n) is 4.86. The first-order chi connectivity index (χ1) is 7.59. The molecular formula is C13H17BrFN. The van der Waals surface area contributed by atoms with Crippen LogP contribution in [0.3, 0.4) is 0 Å². The van der Waals surface area contributed by atoms with E-state index < -0.39 is 0 Å². The molecular weight excluding hydrogens is 269 g/mol. The minimum atomic E-state index is -0.128. The molecule has 0 bridgehead atoms. The Morgan fingerprint density at radius 3 is 2.75 bits per heavy atom. The van der Waals surface area contributed by atoms with Gasteiger partial charge in [-0.05, 0) is 38.0 Å². The lowest BCUT2D eigenvalue weighted by atomic mass is 10.0. The SMILES string of the molecule is CC1(NCc2cc(Br)ccc2F)CCCC1. The molecule has 0 saturated heterocycles. The third-order valence-corrected chi connectivity index (χ3v) is 3.91. The van der Waals surface area contributed by atoms with Gasteiger partial charge in [-0.15, -0.1) is 0 Å². The zero-order valence-corrected chi connectivity index (χ0v) is 11.1. The van der Waals surface area contributed by atoms with Gasteiger partial charge in [0, 0.05) is 22.1 Å². The van der Waals surface area contributed by atoms with E-state index in [1.807, 2.05) is 6.07 Å². The first kappa shape index (κ1) is 12.1. The third kappa shape index (κ3) is 2.83. The van der Waals surface area contributed by atoms with Crippen LogP contribution in [0, 0.1) is 5.82 Å². The van der Waals surface area contributed by atoms with E-state index in [2.05, 4.69) is 28.2 Å². The molecule has 0 aliphatic heterocycles. The maximum absolute atomic E-state index is 13.5. The van der Waals surface area contributed by atoms with Crippen LogP contribution in [0.25, 0.3) is 0 Å². The van der Waals surface area contributed by atoms with Crippen molar-refractivity contribution >= 4 is 15.9 Å². The van der Waals surface area contributed by atoms with Crippen molar-refractivity contribution in [3.63, 3.8) is 0 Å². The Kier molecular flexibility index (Phi) is 3.65. The Bertz CT molecular complexity index is 372. The fourth-order valence-electron chi connectivity index (χ4n) is 2.32. The van der Waals surface area contributed by atoms with Crippen molar-refractivity contribution in [1.82, 2.24) is 5.32 Å². The molecule has 1 fully saturated rings. The molecule has 1 N–H and O–H groups in total. The molecule has 1 aromatic rings. The van der Waals surface area contributed by atoms with E-state index >= 15 is 0 Å². The predicted octanol–water partition coefficient (Wildman–Crippen LogP) is 4.01. The Balaban J connectivity index is 2.01. The first-order valence-electron chi connectivity index (χ1n) is 5.78. The summed E-state index contributed by atoms with van der Waals surface area (Å²) in [6.07, 6.45) is 4.96. The third-order valence-electron chi connectivity index (χ3n) is 3.42. The normalized spacial score (nSPS) is 18.9. The highest BCUT2D eigenvalue weighted by atomic mass is 79.9. The predicted molar refractivity (Wildman–Crippen MR) is 67.8 cm³/mol. The lowest BCUT2D eigenvalue weighted by molar-refractivity contribution is 0.359. The molecule has 3 heteroatoms. The van der Waals surface area contributed by atoms with Gasteiger partial charge >= 0.3 is 0 Å². The zero-order valence-electron chi connectivity index (χ0n) is 9.52. The summed E-state index contributed by atoms with van der Waals surface area (Å²) in [5, 5.41) is 3.48. The molecule has 88 valence electrons. The summed E-state index contributed by atoms with van der Waals surface area (Å²) in [5.74, 6) is -0.128. The van der Waals surface area contributed by atoms with Crippen LogP contribution in [0.5, 0.6) is 0 Å². The number of nitrogens with one attached hydrogen (secondary N) is 1. The van der Waals surface area contributed by atoms with Crippen molar-refractivity contribution in [1.29, 1.82) is 0 Å². The van der Waals surface area contributed by atoms with E-state index in [0.29, 0.717) is 6.54 Å². The van der Waals surface area contributed by atoms with Gasteiger partial charge in [-0.1, -0.05) is 28.8 Å². The van der Waals surface area contributed by atoms with Crippen molar-refractivity contribution < 1.29 is 4.39 Å². The van der Waals surface area contributed by atoms with Gasteiger partial charge in [0.05, 0.1) is 0 Å². The van der Waals surface area contributed by atoms with Crippen molar-refractivity contribution in [2.45, 2.75) is 44.7 Å². The van der Waals surface area contributed by atoms with Crippen LogP contribution in [0.2, 0.25) is 0 Å². The van der Waals surface area contributed by atoms with Crippen LogP contribution in [0.15, 0.2) is 22.7 Å². The average molecular weight is 286 g/mol. The quantitative estimate of drug-likeness (QED) is 0.885. The van der Waals surface area contributed by atoms with Gasteiger partial charge in [0.15, 0.2) is 0 Å². The molecule has 16 heavy (non-hydrogen) atoms. The number of halogens is 2. The van der Waals surface area contributed by atoms with Crippen LogP contribution >= 0.6 is 15.9 Å². The fraction of sp³-hybridized carbons (Fsp3) is 0.538.